The van der Waals surface area contributed by atoms with Gasteiger partial charge in [-0.25, -0.2) is 9.18 Å². The standard InChI is InChI=1S/C23H25FN2O2S/c24-19-12-10-18(11-13-19)6-5-17-29-22-21(23(27)28)9-4-16-26(22)15-3-8-20-7-1-2-14-25-20/h1-2,4,7,9-14,16,22H,3,5-6,8,15,17H2,(H,27,28). The first kappa shape index (κ1) is 21.1. The number of rotatable bonds is 10. The molecule has 1 atom stereocenters. The number of pyridine rings is 1. The van der Waals surface area contributed by atoms with Gasteiger partial charge in [-0.3, -0.25) is 4.98 Å². The summed E-state index contributed by atoms with van der Waals surface area (Å²) in [5.41, 5.74) is 2.56. The smallest absolute Gasteiger partial charge is 0.334 e. The molecule has 0 amide bonds. The maximum atomic E-state index is 13.0. The number of allylic oxidation sites excluding steroid dienone is 2. The molecule has 1 aliphatic heterocycles. The van der Waals surface area contributed by atoms with Crippen molar-refractivity contribution in [3.8, 4) is 0 Å². The van der Waals surface area contributed by atoms with Gasteiger partial charge in [0.15, 0.2) is 0 Å². The third kappa shape index (κ3) is 6.46. The number of carboxylic acids is 1. The first-order chi connectivity index (χ1) is 14.1. The second-order valence-corrected chi connectivity index (χ2v) is 8.07. The molecule has 1 aromatic heterocycles. The molecular formula is C23H25FN2O2S. The Hall–Kier alpha value is -2.60. The van der Waals surface area contributed by atoms with Gasteiger partial charge >= 0.3 is 5.97 Å². The summed E-state index contributed by atoms with van der Waals surface area (Å²) in [4.78, 5) is 18.2. The number of halogens is 1. The largest absolute Gasteiger partial charge is 0.478 e. The van der Waals surface area contributed by atoms with Crippen LogP contribution in [0.1, 0.15) is 24.1 Å². The summed E-state index contributed by atoms with van der Waals surface area (Å²) in [5.74, 6) is -0.271. The highest BCUT2D eigenvalue weighted by Gasteiger charge is 2.27. The van der Waals surface area contributed by atoms with Gasteiger partial charge in [-0.2, -0.15) is 0 Å². The number of carbonyl (C=O) groups is 1. The van der Waals surface area contributed by atoms with Crippen molar-refractivity contribution in [3.05, 3.63) is 89.7 Å². The third-order valence-corrected chi connectivity index (χ3v) is 6.11. The molecule has 4 nitrogen and oxygen atoms in total. The second kappa shape index (κ2) is 10.8. The van der Waals surface area contributed by atoms with Crippen molar-refractivity contribution in [2.24, 2.45) is 0 Å². The molecule has 0 saturated heterocycles. The van der Waals surface area contributed by atoms with Gasteiger partial charge in [0.05, 0.1) is 5.57 Å². The van der Waals surface area contributed by atoms with E-state index >= 15 is 0 Å². The SMILES string of the molecule is O=C(O)C1=CC=CN(CCCc2ccccn2)C1SCCCc1ccc(F)cc1. The average molecular weight is 413 g/mol. The van der Waals surface area contributed by atoms with Crippen LogP contribution in [0.15, 0.2) is 72.6 Å². The molecule has 1 aliphatic rings. The Morgan fingerprint density at radius 3 is 2.69 bits per heavy atom. The summed E-state index contributed by atoms with van der Waals surface area (Å²) in [6, 6.07) is 12.4. The van der Waals surface area contributed by atoms with Crippen LogP contribution in [-0.4, -0.2) is 38.6 Å². The molecule has 2 heterocycles. The van der Waals surface area contributed by atoms with E-state index in [-0.39, 0.29) is 11.2 Å². The zero-order chi connectivity index (χ0) is 20.5. The van der Waals surface area contributed by atoms with Crippen LogP contribution in [-0.2, 0) is 17.6 Å². The van der Waals surface area contributed by atoms with Gasteiger partial charge < -0.3 is 10.0 Å². The van der Waals surface area contributed by atoms with E-state index in [9.17, 15) is 14.3 Å². The van der Waals surface area contributed by atoms with Crippen LogP contribution < -0.4 is 0 Å². The number of aryl methyl sites for hydroxylation is 2. The molecule has 1 N–H and O–H groups in total. The number of nitrogens with zero attached hydrogens (tertiary/aromatic N) is 2. The van der Waals surface area contributed by atoms with Crippen molar-refractivity contribution in [2.45, 2.75) is 31.1 Å². The molecule has 6 heteroatoms. The van der Waals surface area contributed by atoms with E-state index in [0.29, 0.717) is 5.57 Å². The molecule has 1 aromatic carbocycles. The fourth-order valence-electron chi connectivity index (χ4n) is 3.26. The molecule has 2 aromatic rings. The highest BCUT2D eigenvalue weighted by molar-refractivity contribution is 8.00. The van der Waals surface area contributed by atoms with Gasteiger partial charge in [0.2, 0.25) is 0 Å². The quantitative estimate of drug-likeness (QED) is 0.574. The Bertz CT molecular complexity index is 853. The van der Waals surface area contributed by atoms with Crippen molar-refractivity contribution in [1.29, 1.82) is 0 Å². The third-order valence-electron chi connectivity index (χ3n) is 4.74. The van der Waals surface area contributed by atoms with Crippen LogP contribution in [0.2, 0.25) is 0 Å². The predicted octanol–water partition coefficient (Wildman–Crippen LogP) is 4.69. The number of hydrogen-bond acceptors (Lipinski definition) is 4. The topological polar surface area (TPSA) is 53.4 Å². The maximum Gasteiger partial charge on any atom is 0.334 e. The minimum Gasteiger partial charge on any atom is -0.478 e. The van der Waals surface area contributed by atoms with Gasteiger partial charge in [-0.15, -0.1) is 11.8 Å². The molecular weight excluding hydrogens is 387 g/mol. The Morgan fingerprint density at radius 1 is 1.14 bits per heavy atom. The van der Waals surface area contributed by atoms with E-state index in [1.54, 1.807) is 42.2 Å². The number of aromatic nitrogens is 1. The van der Waals surface area contributed by atoms with E-state index in [1.165, 1.54) is 12.1 Å². The zero-order valence-electron chi connectivity index (χ0n) is 16.2. The molecule has 0 radical (unpaired) electrons. The summed E-state index contributed by atoms with van der Waals surface area (Å²) in [7, 11) is 0. The minimum atomic E-state index is -0.875. The van der Waals surface area contributed by atoms with Crippen molar-refractivity contribution >= 4 is 17.7 Å². The molecule has 0 saturated carbocycles. The highest BCUT2D eigenvalue weighted by Crippen LogP contribution is 2.28. The molecule has 0 aliphatic carbocycles. The molecule has 152 valence electrons. The lowest BCUT2D eigenvalue weighted by Crippen LogP contribution is -2.35. The number of carboxylic acid groups (broad SMARTS) is 1. The summed E-state index contributed by atoms with van der Waals surface area (Å²) in [6.45, 7) is 0.771. The van der Waals surface area contributed by atoms with E-state index in [0.717, 1.165) is 49.2 Å². The second-order valence-electron chi connectivity index (χ2n) is 6.88. The van der Waals surface area contributed by atoms with Crippen molar-refractivity contribution < 1.29 is 14.3 Å². The predicted molar refractivity (Wildman–Crippen MR) is 115 cm³/mol. The van der Waals surface area contributed by atoms with Gasteiger partial charge in [-0.1, -0.05) is 18.2 Å². The molecule has 0 bridgehead atoms. The number of aliphatic carboxylic acids is 1. The van der Waals surface area contributed by atoms with Crippen LogP contribution in [0.5, 0.6) is 0 Å². The lowest BCUT2D eigenvalue weighted by Gasteiger charge is -2.32. The minimum absolute atomic E-state index is 0.200. The van der Waals surface area contributed by atoms with Crippen molar-refractivity contribution in [3.63, 3.8) is 0 Å². The van der Waals surface area contributed by atoms with E-state index in [2.05, 4.69) is 9.88 Å². The van der Waals surface area contributed by atoms with E-state index in [4.69, 9.17) is 0 Å². The van der Waals surface area contributed by atoms with Gasteiger partial charge in [0, 0.05) is 24.6 Å². The fraction of sp³-hybridized carbons (Fsp3) is 0.304. The van der Waals surface area contributed by atoms with Gasteiger partial charge in [0.1, 0.15) is 11.2 Å². The highest BCUT2D eigenvalue weighted by atomic mass is 32.2. The normalized spacial score (nSPS) is 16.0. The average Bonchev–Trinajstić information content (AvgIpc) is 2.73. The summed E-state index contributed by atoms with van der Waals surface area (Å²) >= 11 is 1.65. The molecule has 0 fully saturated rings. The van der Waals surface area contributed by atoms with E-state index in [1.807, 2.05) is 24.4 Å². The first-order valence-corrected chi connectivity index (χ1v) is 10.8. The monoisotopic (exact) mass is 412 g/mol. The molecule has 29 heavy (non-hydrogen) atoms. The van der Waals surface area contributed by atoms with Crippen molar-refractivity contribution in [1.82, 2.24) is 9.88 Å². The number of thioether (sulfide) groups is 1. The van der Waals surface area contributed by atoms with Crippen LogP contribution in [0.3, 0.4) is 0 Å². The maximum absolute atomic E-state index is 13.0. The molecule has 3 rings (SSSR count). The summed E-state index contributed by atoms with van der Waals surface area (Å²) in [5, 5.41) is 9.40. The Labute approximate surface area is 175 Å². The first-order valence-electron chi connectivity index (χ1n) is 9.77. The van der Waals surface area contributed by atoms with Crippen LogP contribution in [0, 0.1) is 5.82 Å². The molecule has 1 unspecified atom stereocenters. The lowest BCUT2D eigenvalue weighted by atomic mass is 10.1. The Kier molecular flexibility index (Phi) is 7.87. The van der Waals surface area contributed by atoms with Gasteiger partial charge in [0.25, 0.3) is 0 Å². The Balaban J connectivity index is 1.52. The molecule has 0 spiro atoms. The fourth-order valence-corrected chi connectivity index (χ4v) is 4.52. The Morgan fingerprint density at radius 2 is 1.97 bits per heavy atom. The van der Waals surface area contributed by atoms with E-state index < -0.39 is 5.97 Å². The van der Waals surface area contributed by atoms with Gasteiger partial charge in [-0.05, 0) is 73.4 Å². The summed E-state index contributed by atoms with van der Waals surface area (Å²) < 4.78 is 13.0. The lowest BCUT2D eigenvalue weighted by molar-refractivity contribution is -0.133. The van der Waals surface area contributed by atoms with Crippen molar-refractivity contribution in [2.75, 3.05) is 12.3 Å². The zero-order valence-corrected chi connectivity index (χ0v) is 17.0. The number of hydrogen-bond donors (Lipinski definition) is 1. The van der Waals surface area contributed by atoms with Crippen LogP contribution in [0.4, 0.5) is 4.39 Å². The van der Waals surface area contributed by atoms with Crippen LogP contribution >= 0.6 is 11.8 Å². The number of benzene rings is 1. The summed E-state index contributed by atoms with van der Waals surface area (Å²) in [6.07, 6.45) is 10.8. The van der Waals surface area contributed by atoms with Crippen LogP contribution in [0.25, 0.3) is 0 Å².